The molecular weight excluding hydrogens is 534 g/mol. The van der Waals surface area contributed by atoms with Crippen molar-refractivity contribution in [2.45, 2.75) is 0 Å². The average molecular weight is 556 g/mol. The van der Waals surface area contributed by atoms with E-state index < -0.39 is 0 Å². The number of thiazole rings is 1. The molecule has 0 unspecified atom stereocenters. The summed E-state index contributed by atoms with van der Waals surface area (Å²) in [6.07, 6.45) is 0. The van der Waals surface area contributed by atoms with Gasteiger partial charge in [-0.25, -0.2) is 4.98 Å². The summed E-state index contributed by atoms with van der Waals surface area (Å²) in [6.45, 7) is 0. The van der Waals surface area contributed by atoms with Crippen LogP contribution in [0.15, 0.2) is 132 Å². The van der Waals surface area contributed by atoms with Crippen molar-refractivity contribution in [2.75, 3.05) is 0 Å². The van der Waals surface area contributed by atoms with E-state index in [0.29, 0.717) is 0 Å². The number of rotatable bonds is 2. The minimum atomic E-state index is 0.895. The van der Waals surface area contributed by atoms with Crippen LogP contribution in [-0.4, -0.2) is 14.0 Å². The van der Waals surface area contributed by atoms with Gasteiger partial charge in [-0.05, 0) is 77.9 Å². The highest BCUT2D eigenvalue weighted by molar-refractivity contribution is 7.23. The number of hydrogen-bond acceptors (Lipinski definition) is 3. The first-order valence-corrected chi connectivity index (χ1v) is 14.9. The number of furan rings is 1. The summed E-state index contributed by atoms with van der Waals surface area (Å²) in [4.78, 5) is 5.88. The second-order valence-electron chi connectivity index (χ2n) is 10.9. The fourth-order valence-electron chi connectivity index (χ4n) is 6.65. The molecule has 4 heterocycles. The molecular formula is C37H21N3OS. The van der Waals surface area contributed by atoms with Crippen molar-refractivity contribution in [2.24, 2.45) is 0 Å². The van der Waals surface area contributed by atoms with Gasteiger partial charge in [0.2, 0.25) is 0 Å². The van der Waals surface area contributed by atoms with Crippen LogP contribution in [0, 0.1) is 0 Å². The standard InChI is InChI=1S/C37H21N3OS/c1-4-10-30-25(7-1)26-8-2-5-11-31(26)39(30)24-15-17-35-28(21-24)27-19-22(13-16-34(27)41-35)23-14-18-36-33(20-23)40-32-12-6-3-9-29(32)38-37(40)42-36/h1-21H. The van der Waals surface area contributed by atoms with E-state index in [2.05, 4.69) is 130 Å². The van der Waals surface area contributed by atoms with E-state index in [9.17, 15) is 0 Å². The largest absolute Gasteiger partial charge is 0.456 e. The molecule has 10 aromatic rings. The molecule has 4 aromatic heterocycles. The number of nitrogens with zero attached hydrogens (tertiary/aromatic N) is 3. The third kappa shape index (κ3) is 2.98. The predicted octanol–water partition coefficient (Wildman–Crippen LogP) is 10.4. The first-order chi connectivity index (χ1) is 20.8. The Balaban J connectivity index is 1.18. The number of fused-ring (bicyclic) bond motifs is 11. The molecule has 0 spiro atoms. The van der Waals surface area contributed by atoms with Crippen molar-refractivity contribution in [1.29, 1.82) is 0 Å². The van der Waals surface area contributed by atoms with Crippen molar-refractivity contribution in [1.82, 2.24) is 14.0 Å². The van der Waals surface area contributed by atoms with Crippen molar-refractivity contribution in [3.8, 4) is 16.8 Å². The van der Waals surface area contributed by atoms with Crippen LogP contribution in [0.3, 0.4) is 0 Å². The number of benzene rings is 6. The fourth-order valence-corrected chi connectivity index (χ4v) is 7.67. The third-order valence-corrected chi connectivity index (χ3v) is 9.58. The lowest BCUT2D eigenvalue weighted by Crippen LogP contribution is -1.93. The van der Waals surface area contributed by atoms with Crippen LogP contribution in [-0.2, 0) is 0 Å². The Kier molecular flexibility index (Phi) is 4.30. The van der Waals surface area contributed by atoms with E-state index in [1.807, 2.05) is 6.07 Å². The zero-order chi connectivity index (χ0) is 27.4. The molecule has 10 rings (SSSR count). The minimum absolute atomic E-state index is 0.895. The van der Waals surface area contributed by atoms with E-state index in [4.69, 9.17) is 9.40 Å². The van der Waals surface area contributed by atoms with Crippen LogP contribution in [0.5, 0.6) is 0 Å². The van der Waals surface area contributed by atoms with Gasteiger partial charge in [-0.2, -0.15) is 0 Å². The minimum Gasteiger partial charge on any atom is -0.456 e. The number of para-hydroxylation sites is 4. The maximum atomic E-state index is 6.32. The van der Waals surface area contributed by atoms with E-state index in [0.717, 1.165) is 49.2 Å². The van der Waals surface area contributed by atoms with Gasteiger partial charge in [0.05, 0.1) is 32.3 Å². The summed E-state index contributed by atoms with van der Waals surface area (Å²) in [7, 11) is 0. The van der Waals surface area contributed by atoms with Crippen molar-refractivity contribution in [3.63, 3.8) is 0 Å². The highest BCUT2D eigenvalue weighted by Gasteiger charge is 2.16. The molecule has 4 nitrogen and oxygen atoms in total. The fraction of sp³-hybridized carbons (Fsp3) is 0. The van der Waals surface area contributed by atoms with Crippen LogP contribution in [0.1, 0.15) is 0 Å². The monoisotopic (exact) mass is 555 g/mol. The molecule has 0 amide bonds. The summed E-state index contributed by atoms with van der Waals surface area (Å²) in [5, 5.41) is 4.76. The molecule has 42 heavy (non-hydrogen) atoms. The lowest BCUT2D eigenvalue weighted by Gasteiger charge is -2.08. The van der Waals surface area contributed by atoms with Crippen LogP contribution < -0.4 is 0 Å². The Morgan fingerprint density at radius 1 is 0.524 bits per heavy atom. The van der Waals surface area contributed by atoms with Gasteiger partial charge in [0.15, 0.2) is 4.96 Å². The van der Waals surface area contributed by atoms with Gasteiger partial charge >= 0.3 is 0 Å². The lowest BCUT2D eigenvalue weighted by molar-refractivity contribution is 0.669. The van der Waals surface area contributed by atoms with Gasteiger partial charge in [-0.15, -0.1) is 0 Å². The Morgan fingerprint density at radius 3 is 1.98 bits per heavy atom. The van der Waals surface area contributed by atoms with Crippen LogP contribution in [0.25, 0.3) is 86.8 Å². The summed E-state index contributed by atoms with van der Waals surface area (Å²) in [5.74, 6) is 0. The molecule has 0 saturated heterocycles. The molecule has 0 bridgehead atoms. The second-order valence-corrected chi connectivity index (χ2v) is 11.9. The molecule has 6 aromatic carbocycles. The molecule has 0 N–H and O–H groups in total. The van der Waals surface area contributed by atoms with Crippen molar-refractivity contribution < 1.29 is 4.42 Å². The summed E-state index contributed by atoms with van der Waals surface area (Å²) >= 11 is 1.73. The topological polar surface area (TPSA) is 35.4 Å². The normalized spacial score (nSPS) is 12.3. The first kappa shape index (κ1) is 22.3. The predicted molar refractivity (Wildman–Crippen MR) is 175 cm³/mol. The summed E-state index contributed by atoms with van der Waals surface area (Å²) in [5.41, 5.74) is 11.0. The van der Waals surface area contributed by atoms with E-state index >= 15 is 0 Å². The molecule has 0 fully saturated rings. The van der Waals surface area contributed by atoms with Gasteiger partial charge in [0.25, 0.3) is 0 Å². The van der Waals surface area contributed by atoms with Crippen LogP contribution in [0.2, 0.25) is 0 Å². The molecule has 0 aliphatic heterocycles. The zero-order valence-electron chi connectivity index (χ0n) is 22.3. The molecule has 0 radical (unpaired) electrons. The number of hydrogen-bond donors (Lipinski definition) is 0. The van der Waals surface area contributed by atoms with Crippen molar-refractivity contribution >= 4 is 81.3 Å². The summed E-state index contributed by atoms with van der Waals surface area (Å²) in [6, 6.07) is 45.4. The van der Waals surface area contributed by atoms with E-state index in [1.165, 1.54) is 37.6 Å². The molecule has 196 valence electrons. The Morgan fingerprint density at radius 2 is 1.17 bits per heavy atom. The first-order valence-electron chi connectivity index (χ1n) is 14.1. The quantitative estimate of drug-likeness (QED) is 0.213. The Labute approximate surface area is 243 Å². The van der Waals surface area contributed by atoms with Crippen molar-refractivity contribution in [3.05, 3.63) is 127 Å². The Hall–Kier alpha value is -5.39. The highest BCUT2D eigenvalue weighted by Crippen LogP contribution is 2.38. The van der Waals surface area contributed by atoms with Crippen LogP contribution in [0.4, 0.5) is 0 Å². The average Bonchev–Trinajstić information content (AvgIpc) is 3.77. The van der Waals surface area contributed by atoms with E-state index in [1.54, 1.807) is 11.3 Å². The molecule has 0 saturated carbocycles. The summed E-state index contributed by atoms with van der Waals surface area (Å²) < 4.78 is 12.2. The van der Waals surface area contributed by atoms with Gasteiger partial charge in [-0.3, -0.25) is 4.40 Å². The molecule has 0 aliphatic rings. The maximum absolute atomic E-state index is 6.32. The SMILES string of the molecule is c1ccc2c(c1)nc1sc3ccc(-c4ccc5oc6ccc(-n7c8ccccc8c8ccccc87)cc6c5c4)cc3n12. The van der Waals surface area contributed by atoms with Gasteiger partial charge in [-0.1, -0.05) is 72.0 Å². The Bertz CT molecular complexity index is 2650. The molecule has 0 aliphatic carbocycles. The van der Waals surface area contributed by atoms with Gasteiger partial charge in [0.1, 0.15) is 11.2 Å². The molecule has 5 heteroatoms. The highest BCUT2D eigenvalue weighted by atomic mass is 32.1. The number of aromatic nitrogens is 3. The van der Waals surface area contributed by atoms with Crippen LogP contribution >= 0.6 is 11.3 Å². The van der Waals surface area contributed by atoms with E-state index in [-0.39, 0.29) is 0 Å². The van der Waals surface area contributed by atoms with Gasteiger partial charge < -0.3 is 8.98 Å². The maximum Gasteiger partial charge on any atom is 0.195 e. The second kappa shape index (κ2) is 8.09. The third-order valence-electron chi connectivity index (χ3n) is 8.56. The smallest absolute Gasteiger partial charge is 0.195 e. The van der Waals surface area contributed by atoms with Gasteiger partial charge in [0, 0.05) is 27.2 Å². The number of imidazole rings is 1. The zero-order valence-corrected chi connectivity index (χ0v) is 23.1. The lowest BCUT2D eigenvalue weighted by atomic mass is 10.0. The molecule has 0 atom stereocenters.